The van der Waals surface area contributed by atoms with Crippen molar-refractivity contribution in [2.24, 2.45) is 0 Å². The van der Waals surface area contributed by atoms with E-state index in [1.54, 1.807) is 6.33 Å². The number of nitrogens with one attached hydrogen (secondary N) is 1. The molecule has 0 spiro atoms. The number of carbonyl (C=O) groups is 1. The molecular formula is C17H18N4O2. The number of fused-ring (bicyclic) bond motifs is 3. The van der Waals surface area contributed by atoms with Gasteiger partial charge in [-0.05, 0) is 18.6 Å². The second-order valence-corrected chi connectivity index (χ2v) is 5.82. The van der Waals surface area contributed by atoms with E-state index < -0.39 is 0 Å². The third-order valence-corrected chi connectivity index (χ3v) is 4.34. The Morgan fingerprint density at radius 3 is 3.13 bits per heavy atom. The molecule has 4 rings (SSSR count). The van der Waals surface area contributed by atoms with Gasteiger partial charge in [-0.15, -0.1) is 0 Å². The highest BCUT2D eigenvalue weighted by atomic mass is 16.3. The van der Waals surface area contributed by atoms with Gasteiger partial charge in [0.1, 0.15) is 17.4 Å². The third-order valence-electron chi connectivity index (χ3n) is 4.34. The minimum atomic E-state index is 0.191. The Hall–Kier alpha value is -2.63. The lowest BCUT2D eigenvalue weighted by molar-refractivity contribution is -0.129. The number of carbonyl (C=O) groups excluding carboxylic acids is 1. The summed E-state index contributed by atoms with van der Waals surface area (Å²) in [5.74, 6) is 0.896. The van der Waals surface area contributed by atoms with Crippen molar-refractivity contribution in [2.45, 2.75) is 25.8 Å². The maximum absolute atomic E-state index is 11.8. The number of nitrogens with zero attached hydrogens (tertiary/aromatic N) is 3. The number of amides is 1. The highest BCUT2D eigenvalue weighted by Crippen LogP contribution is 2.31. The van der Waals surface area contributed by atoms with Gasteiger partial charge >= 0.3 is 0 Å². The molecule has 1 atom stereocenters. The quantitative estimate of drug-likeness (QED) is 0.805. The topological polar surface area (TPSA) is 71.3 Å². The smallest absolute Gasteiger partial charge is 0.222 e. The Labute approximate surface area is 133 Å². The lowest BCUT2D eigenvalue weighted by atomic mass is 10.2. The van der Waals surface area contributed by atoms with Crippen LogP contribution in [0.3, 0.4) is 0 Å². The number of likely N-dealkylation sites (tertiary alicyclic amines) is 1. The molecule has 1 aliphatic heterocycles. The van der Waals surface area contributed by atoms with Crippen LogP contribution in [0, 0.1) is 0 Å². The molecule has 0 radical (unpaired) electrons. The van der Waals surface area contributed by atoms with Gasteiger partial charge in [0.2, 0.25) is 5.91 Å². The molecule has 1 unspecified atom stereocenters. The van der Waals surface area contributed by atoms with Gasteiger partial charge in [0, 0.05) is 30.9 Å². The summed E-state index contributed by atoms with van der Waals surface area (Å²) >= 11 is 0. The predicted octanol–water partition coefficient (Wildman–Crippen LogP) is 2.80. The number of aromatic nitrogens is 2. The Morgan fingerprint density at radius 2 is 2.26 bits per heavy atom. The van der Waals surface area contributed by atoms with Crippen LogP contribution in [0.25, 0.3) is 22.1 Å². The first-order valence-electron chi connectivity index (χ1n) is 7.93. The molecule has 0 saturated carbocycles. The average molecular weight is 310 g/mol. The molecule has 1 aliphatic rings. The van der Waals surface area contributed by atoms with Gasteiger partial charge < -0.3 is 14.6 Å². The van der Waals surface area contributed by atoms with E-state index in [0.29, 0.717) is 24.4 Å². The number of hydrogen-bond donors (Lipinski definition) is 1. The van der Waals surface area contributed by atoms with Crippen LogP contribution in [-0.4, -0.2) is 39.9 Å². The zero-order chi connectivity index (χ0) is 15.8. The summed E-state index contributed by atoms with van der Waals surface area (Å²) in [4.78, 5) is 22.4. The molecule has 3 aromatic rings. The van der Waals surface area contributed by atoms with Crippen LogP contribution in [0.5, 0.6) is 0 Å². The molecule has 3 heterocycles. The molecule has 2 aromatic heterocycles. The number of anilines is 1. The molecule has 1 N–H and O–H groups in total. The zero-order valence-corrected chi connectivity index (χ0v) is 13.0. The van der Waals surface area contributed by atoms with Crippen LogP contribution in [0.2, 0.25) is 0 Å². The summed E-state index contributed by atoms with van der Waals surface area (Å²) in [7, 11) is 0. The highest BCUT2D eigenvalue weighted by molar-refractivity contribution is 6.05. The van der Waals surface area contributed by atoms with Gasteiger partial charge in [-0.1, -0.05) is 19.1 Å². The molecule has 6 nitrogen and oxygen atoms in total. The Bertz CT molecular complexity index is 873. The summed E-state index contributed by atoms with van der Waals surface area (Å²) in [6.07, 6.45) is 3.02. The normalized spacial score (nSPS) is 18.0. The van der Waals surface area contributed by atoms with Gasteiger partial charge in [-0.25, -0.2) is 9.97 Å². The van der Waals surface area contributed by atoms with Crippen molar-refractivity contribution in [1.82, 2.24) is 14.9 Å². The van der Waals surface area contributed by atoms with E-state index in [0.717, 1.165) is 29.5 Å². The van der Waals surface area contributed by atoms with Gasteiger partial charge in [0.25, 0.3) is 0 Å². The van der Waals surface area contributed by atoms with Crippen molar-refractivity contribution < 1.29 is 9.21 Å². The molecule has 1 fully saturated rings. The molecule has 0 aliphatic carbocycles. The second kappa shape index (κ2) is 5.53. The van der Waals surface area contributed by atoms with Crippen LogP contribution in [0.4, 0.5) is 5.82 Å². The summed E-state index contributed by atoms with van der Waals surface area (Å²) in [5.41, 5.74) is 2.30. The fourth-order valence-corrected chi connectivity index (χ4v) is 3.15. The van der Waals surface area contributed by atoms with Crippen LogP contribution in [0.1, 0.15) is 19.8 Å². The third kappa shape index (κ3) is 2.40. The summed E-state index contributed by atoms with van der Waals surface area (Å²) < 4.78 is 5.92. The monoisotopic (exact) mass is 310 g/mol. The first-order valence-corrected chi connectivity index (χ1v) is 7.93. The van der Waals surface area contributed by atoms with Gasteiger partial charge in [0.15, 0.2) is 11.4 Å². The number of para-hydroxylation sites is 1. The van der Waals surface area contributed by atoms with Crippen molar-refractivity contribution in [3.05, 3.63) is 30.6 Å². The van der Waals surface area contributed by atoms with E-state index in [4.69, 9.17) is 4.42 Å². The minimum Gasteiger partial charge on any atom is -0.450 e. The summed E-state index contributed by atoms with van der Waals surface area (Å²) in [6, 6.07) is 8.03. The fourth-order valence-electron chi connectivity index (χ4n) is 3.15. The molecule has 1 saturated heterocycles. The molecule has 1 aromatic carbocycles. The Kier molecular flexibility index (Phi) is 3.37. The second-order valence-electron chi connectivity index (χ2n) is 5.82. The van der Waals surface area contributed by atoms with Crippen LogP contribution in [-0.2, 0) is 4.79 Å². The van der Waals surface area contributed by atoms with E-state index >= 15 is 0 Å². The summed E-state index contributed by atoms with van der Waals surface area (Å²) in [6.45, 7) is 3.39. The first-order chi connectivity index (χ1) is 11.3. The lowest BCUT2D eigenvalue weighted by Gasteiger charge is -2.16. The fraction of sp³-hybridized carbons (Fsp3) is 0.353. The SMILES string of the molecule is CCC(=O)N1CCC(Nc2ncnc3c2oc2ccccc23)C1. The number of benzene rings is 1. The van der Waals surface area contributed by atoms with E-state index in [-0.39, 0.29) is 11.9 Å². The molecular weight excluding hydrogens is 292 g/mol. The standard InChI is InChI=1S/C17H18N4O2/c1-2-14(22)21-8-7-11(9-21)20-17-16-15(18-10-19-17)12-5-3-4-6-13(12)23-16/h3-6,10-11H,2,7-9H2,1H3,(H,18,19,20). The maximum atomic E-state index is 11.8. The van der Waals surface area contributed by atoms with Gasteiger partial charge in [-0.2, -0.15) is 0 Å². The average Bonchev–Trinajstić information content (AvgIpc) is 3.19. The zero-order valence-electron chi connectivity index (χ0n) is 13.0. The lowest BCUT2D eigenvalue weighted by Crippen LogP contribution is -2.31. The van der Waals surface area contributed by atoms with E-state index in [1.165, 1.54) is 0 Å². The highest BCUT2D eigenvalue weighted by Gasteiger charge is 2.26. The number of rotatable bonds is 3. The van der Waals surface area contributed by atoms with Gasteiger partial charge in [-0.3, -0.25) is 4.79 Å². The molecule has 0 bridgehead atoms. The largest absolute Gasteiger partial charge is 0.450 e. The number of furan rings is 1. The van der Waals surface area contributed by atoms with Crippen LogP contribution >= 0.6 is 0 Å². The summed E-state index contributed by atoms with van der Waals surface area (Å²) in [5, 5.41) is 4.40. The van der Waals surface area contributed by atoms with E-state index in [9.17, 15) is 4.79 Å². The Balaban J connectivity index is 1.64. The van der Waals surface area contributed by atoms with Crippen molar-refractivity contribution in [3.8, 4) is 0 Å². The van der Waals surface area contributed by atoms with Crippen molar-refractivity contribution in [2.75, 3.05) is 18.4 Å². The maximum Gasteiger partial charge on any atom is 0.222 e. The minimum absolute atomic E-state index is 0.191. The molecule has 23 heavy (non-hydrogen) atoms. The van der Waals surface area contributed by atoms with Crippen LogP contribution in [0.15, 0.2) is 35.0 Å². The first kappa shape index (κ1) is 14.0. The van der Waals surface area contributed by atoms with E-state index in [1.807, 2.05) is 36.1 Å². The predicted molar refractivity (Wildman–Crippen MR) is 88.2 cm³/mol. The van der Waals surface area contributed by atoms with Crippen molar-refractivity contribution in [1.29, 1.82) is 0 Å². The van der Waals surface area contributed by atoms with Crippen molar-refractivity contribution in [3.63, 3.8) is 0 Å². The van der Waals surface area contributed by atoms with Crippen LogP contribution < -0.4 is 5.32 Å². The van der Waals surface area contributed by atoms with Crippen molar-refractivity contribution >= 4 is 33.8 Å². The molecule has 1 amide bonds. The Morgan fingerprint density at radius 1 is 1.39 bits per heavy atom. The molecule has 118 valence electrons. The van der Waals surface area contributed by atoms with E-state index in [2.05, 4.69) is 15.3 Å². The van der Waals surface area contributed by atoms with Gasteiger partial charge in [0.05, 0.1) is 0 Å². The number of hydrogen-bond acceptors (Lipinski definition) is 5. The molecule has 6 heteroatoms.